The molecule has 0 spiro atoms. The van der Waals surface area contributed by atoms with Crippen molar-refractivity contribution in [2.75, 3.05) is 7.11 Å². The van der Waals surface area contributed by atoms with Gasteiger partial charge in [-0.1, -0.05) is 6.07 Å². The molecule has 0 radical (unpaired) electrons. The highest BCUT2D eigenvalue weighted by atomic mass is 16.6. The second-order valence-corrected chi connectivity index (χ2v) is 2.82. The minimum atomic E-state index is -0.388. The lowest BCUT2D eigenvalue weighted by Gasteiger charge is -2.01. The van der Waals surface area contributed by atoms with Crippen LogP contribution in [0.4, 0.5) is 5.69 Å². The Morgan fingerprint density at radius 3 is 2.77 bits per heavy atom. The molecule has 0 aliphatic carbocycles. The molecule has 0 fully saturated rings. The minimum Gasteiger partial charge on any atom is -0.380 e. The van der Waals surface area contributed by atoms with Crippen LogP contribution in [0, 0.1) is 17.0 Å². The summed E-state index contributed by atoms with van der Waals surface area (Å²) in [6.07, 6.45) is 0. The molecule has 13 heavy (non-hydrogen) atoms. The molecule has 0 amide bonds. The van der Waals surface area contributed by atoms with Crippen molar-refractivity contribution >= 4 is 5.69 Å². The van der Waals surface area contributed by atoms with Gasteiger partial charge in [0.25, 0.3) is 5.69 Å². The van der Waals surface area contributed by atoms with Gasteiger partial charge in [0.2, 0.25) is 0 Å². The van der Waals surface area contributed by atoms with E-state index in [1.54, 1.807) is 12.1 Å². The highest BCUT2D eigenvalue weighted by Gasteiger charge is 2.12. The maximum absolute atomic E-state index is 10.6. The molecule has 0 heterocycles. The van der Waals surface area contributed by atoms with E-state index < -0.39 is 0 Å². The summed E-state index contributed by atoms with van der Waals surface area (Å²) in [5.74, 6) is 0. The van der Waals surface area contributed by atoms with Gasteiger partial charge in [0.05, 0.1) is 17.1 Å². The summed E-state index contributed by atoms with van der Waals surface area (Å²) in [6, 6.07) is 5.10. The summed E-state index contributed by atoms with van der Waals surface area (Å²) in [5, 5.41) is 10.6. The number of hydrogen-bond acceptors (Lipinski definition) is 3. The summed E-state index contributed by atoms with van der Waals surface area (Å²) in [6.45, 7) is 2.10. The summed E-state index contributed by atoms with van der Waals surface area (Å²) in [5.41, 5.74) is 1.62. The quantitative estimate of drug-likeness (QED) is 0.529. The molecule has 0 saturated heterocycles. The summed E-state index contributed by atoms with van der Waals surface area (Å²) in [7, 11) is 1.52. The van der Waals surface area contributed by atoms with Crippen molar-refractivity contribution in [3.05, 3.63) is 39.4 Å². The lowest BCUT2D eigenvalue weighted by Crippen LogP contribution is -1.97. The molecule has 0 saturated carbocycles. The van der Waals surface area contributed by atoms with Crippen molar-refractivity contribution in [3.63, 3.8) is 0 Å². The lowest BCUT2D eigenvalue weighted by molar-refractivity contribution is -0.385. The standard InChI is InChI=1S/C9H11NO3/c1-7-3-4-8(6-13-2)9(5-7)10(11)12/h3-5H,6H2,1-2H3. The first-order valence-corrected chi connectivity index (χ1v) is 3.88. The van der Waals surface area contributed by atoms with E-state index in [0.29, 0.717) is 5.56 Å². The number of aryl methyl sites for hydroxylation is 1. The third-order valence-corrected chi connectivity index (χ3v) is 1.74. The maximum atomic E-state index is 10.6. The smallest absolute Gasteiger partial charge is 0.275 e. The van der Waals surface area contributed by atoms with E-state index in [1.807, 2.05) is 13.0 Å². The van der Waals surface area contributed by atoms with Crippen LogP contribution in [0.2, 0.25) is 0 Å². The average Bonchev–Trinajstić information content (AvgIpc) is 2.08. The molecule has 0 unspecified atom stereocenters. The Balaban J connectivity index is 3.10. The largest absolute Gasteiger partial charge is 0.380 e. The van der Waals surface area contributed by atoms with E-state index >= 15 is 0 Å². The van der Waals surface area contributed by atoms with E-state index in [0.717, 1.165) is 5.56 Å². The van der Waals surface area contributed by atoms with Crippen molar-refractivity contribution in [2.24, 2.45) is 0 Å². The van der Waals surface area contributed by atoms with Gasteiger partial charge in [0.15, 0.2) is 0 Å². The SMILES string of the molecule is COCc1ccc(C)cc1[N+](=O)[O-]. The lowest BCUT2D eigenvalue weighted by atomic mass is 10.1. The van der Waals surface area contributed by atoms with Crippen molar-refractivity contribution in [1.29, 1.82) is 0 Å². The monoisotopic (exact) mass is 181 g/mol. The number of ether oxygens (including phenoxy) is 1. The van der Waals surface area contributed by atoms with Crippen LogP contribution in [-0.2, 0) is 11.3 Å². The van der Waals surface area contributed by atoms with Crippen molar-refractivity contribution in [3.8, 4) is 0 Å². The van der Waals surface area contributed by atoms with Crippen LogP contribution in [0.3, 0.4) is 0 Å². The number of nitro benzene ring substituents is 1. The molecule has 0 bridgehead atoms. The number of benzene rings is 1. The predicted molar refractivity (Wildman–Crippen MR) is 48.5 cm³/mol. The first-order valence-electron chi connectivity index (χ1n) is 3.88. The number of hydrogen-bond donors (Lipinski definition) is 0. The van der Waals surface area contributed by atoms with Gasteiger partial charge < -0.3 is 4.74 Å². The first-order chi connectivity index (χ1) is 6.15. The van der Waals surface area contributed by atoms with Gasteiger partial charge in [0.1, 0.15) is 0 Å². The summed E-state index contributed by atoms with van der Waals surface area (Å²) >= 11 is 0. The van der Waals surface area contributed by atoms with Gasteiger partial charge in [-0.3, -0.25) is 10.1 Å². The fourth-order valence-corrected chi connectivity index (χ4v) is 1.12. The zero-order chi connectivity index (χ0) is 9.84. The van der Waals surface area contributed by atoms with E-state index in [-0.39, 0.29) is 17.2 Å². The summed E-state index contributed by atoms with van der Waals surface area (Å²) < 4.78 is 4.85. The van der Waals surface area contributed by atoms with Crippen LogP contribution in [0.1, 0.15) is 11.1 Å². The Labute approximate surface area is 76.3 Å². The molecule has 1 aromatic carbocycles. The second kappa shape index (κ2) is 4.00. The Morgan fingerprint density at radius 1 is 1.54 bits per heavy atom. The fourth-order valence-electron chi connectivity index (χ4n) is 1.12. The molecule has 0 aromatic heterocycles. The number of methoxy groups -OCH3 is 1. The molecule has 4 heteroatoms. The zero-order valence-electron chi connectivity index (χ0n) is 7.61. The van der Waals surface area contributed by atoms with Crippen molar-refractivity contribution < 1.29 is 9.66 Å². The third kappa shape index (κ3) is 2.26. The topological polar surface area (TPSA) is 52.4 Å². The number of nitro groups is 1. The van der Waals surface area contributed by atoms with E-state index in [9.17, 15) is 10.1 Å². The number of nitrogens with zero attached hydrogens (tertiary/aromatic N) is 1. The van der Waals surface area contributed by atoms with E-state index in [4.69, 9.17) is 4.74 Å². The molecule has 0 aliphatic heterocycles. The average molecular weight is 181 g/mol. The molecule has 0 atom stereocenters. The van der Waals surface area contributed by atoms with E-state index in [2.05, 4.69) is 0 Å². The molecule has 70 valence electrons. The van der Waals surface area contributed by atoms with Crippen molar-refractivity contribution in [2.45, 2.75) is 13.5 Å². The Hall–Kier alpha value is -1.42. The Kier molecular flexibility index (Phi) is 2.97. The van der Waals surface area contributed by atoms with Crippen molar-refractivity contribution in [1.82, 2.24) is 0 Å². The van der Waals surface area contributed by atoms with Gasteiger partial charge in [-0.15, -0.1) is 0 Å². The molecule has 0 N–H and O–H groups in total. The molecule has 1 aromatic rings. The molecule has 1 rings (SSSR count). The van der Waals surface area contributed by atoms with Gasteiger partial charge >= 0.3 is 0 Å². The predicted octanol–water partition coefficient (Wildman–Crippen LogP) is 2.05. The van der Waals surface area contributed by atoms with Crippen LogP contribution < -0.4 is 0 Å². The van der Waals surface area contributed by atoms with Gasteiger partial charge in [-0.25, -0.2) is 0 Å². The second-order valence-electron chi connectivity index (χ2n) is 2.82. The van der Waals surface area contributed by atoms with Gasteiger partial charge in [0, 0.05) is 13.2 Å². The maximum Gasteiger partial charge on any atom is 0.275 e. The van der Waals surface area contributed by atoms with E-state index in [1.165, 1.54) is 7.11 Å². The van der Waals surface area contributed by atoms with Crippen LogP contribution in [-0.4, -0.2) is 12.0 Å². The van der Waals surface area contributed by atoms with Gasteiger partial charge in [-0.2, -0.15) is 0 Å². The first kappa shape index (κ1) is 9.67. The Bertz CT molecular complexity index is 323. The Morgan fingerprint density at radius 2 is 2.23 bits per heavy atom. The van der Waals surface area contributed by atoms with Crippen LogP contribution in [0.5, 0.6) is 0 Å². The third-order valence-electron chi connectivity index (χ3n) is 1.74. The molecule has 0 aliphatic rings. The summed E-state index contributed by atoms with van der Waals surface area (Å²) in [4.78, 5) is 10.2. The number of rotatable bonds is 3. The highest BCUT2D eigenvalue weighted by Crippen LogP contribution is 2.20. The minimum absolute atomic E-state index is 0.127. The molecular formula is C9H11NO3. The van der Waals surface area contributed by atoms with Gasteiger partial charge in [-0.05, 0) is 18.6 Å². The fraction of sp³-hybridized carbons (Fsp3) is 0.333. The van der Waals surface area contributed by atoms with Crippen LogP contribution in [0.25, 0.3) is 0 Å². The molecular weight excluding hydrogens is 170 g/mol. The van der Waals surface area contributed by atoms with Crippen LogP contribution >= 0.6 is 0 Å². The highest BCUT2D eigenvalue weighted by molar-refractivity contribution is 5.42. The zero-order valence-corrected chi connectivity index (χ0v) is 7.61. The van der Waals surface area contributed by atoms with Crippen LogP contribution in [0.15, 0.2) is 18.2 Å². The normalized spacial score (nSPS) is 10.0. The molecule has 4 nitrogen and oxygen atoms in total.